The number of hydrogen-bond donors (Lipinski definition) is 2. The zero-order valence-corrected chi connectivity index (χ0v) is 13.9. The summed E-state index contributed by atoms with van der Waals surface area (Å²) in [4.78, 5) is 28.7. The van der Waals surface area contributed by atoms with E-state index in [1.165, 1.54) is 6.20 Å². The van der Waals surface area contributed by atoms with E-state index in [-0.39, 0.29) is 11.4 Å². The second kappa shape index (κ2) is 7.04. The van der Waals surface area contributed by atoms with Crippen LogP contribution in [0.15, 0.2) is 48.8 Å². The summed E-state index contributed by atoms with van der Waals surface area (Å²) < 4.78 is 7.18. The van der Waals surface area contributed by atoms with Gasteiger partial charge in [0.25, 0.3) is 11.8 Å². The number of carbonyl (C=O) groups excluding carboxylic acids is 2. The summed E-state index contributed by atoms with van der Waals surface area (Å²) >= 11 is 0. The Bertz CT molecular complexity index is 933. The van der Waals surface area contributed by atoms with Gasteiger partial charge in [-0.05, 0) is 25.1 Å². The number of amides is 2. The van der Waals surface area contributed by atoms with E-state index in [0.29, 0.717) is 12.2 Å². The molecular formula is C18H18N4O3. The molecule has 0 saturated carbocycles. The molecule has 0 aliphatic rings. The van der Waals surface area contributed by atoms with Crippen molar-refractivity contribution >= 4 is 22.7 Å². The highest BCUT2D eigenvalue weighted by Crippen LogP contribution is 2.20. The first-order valence-electron chi connectivity index (χ1n) is 7.84. The summed E-state index contributed by atoms with van der Waals surface area (Å²) in [5, 5.41) is 0.813. The minimum atomic E-state index is -0.495. The van der Waals surface area contributed by atoms with E-state index >= 15 is 0 Å². The lowest BCUT2D eigenvalue weighted by Crippen LogP contribution is -2.41. The van der Waals surface area contributed by atoms with Crippen LogP contribution in [0.1, 0.15) is 27.6 Å². The van der Waals surface area contributed by atoms with Crippen molar-refractivity contribution in [2.45, 2.75) is 6.92 Å². The summed E-state index contributed by atoms with van der Waals surface area (Å²) in [6.07, 6.45) is 3.26. The largest absolute Gasteiger partial charge is 0.477 e. The molecule has 25 heavy (non-hydrogen) atoms. The van der Waals surface area contributed by atoms with Crippen molar-refractivity contribution in [3.63, 3.8) is 0 Å². The predicted molar refractivity (Wildman–Crippen MR) is 93.3 cm³/mol. The minimum absolute atomic E-state index is 0.224. The van der Waals surface area contributed by atoms with Crippen LogP contribution in [-0.4, -0.2) is 28.0 Å². The molecule has 0 unspecified atom stereocenters. The number of hydrogen-bond acceptors (Lipinski definition) is 4. The first-order valence-corrected chi connectivity index (χ1v) is 7.84. The fourth-order valence-electron chi connectivity index (χ4n) is 2.59. The molecular weight excluding hydrogens is 320 g/mol. The summed E-state index contributed by atoms with van der Waals surface area (Å²) in [6, 6.07) is 10.8. The zero-order valence-electron chi connectivity index (χ0n) is 13.9. The van der Waals surface area contributed by atoms with Gasteiger partial charge in [0.05, 0.1) is 12.2 Å². The van der Waals surface area contributed by atoms with Crippen molar-refractivity contribution in [2.24, 2.45) is 7.05 Å². The standard InChI is InChI=1S/C18H18N4O3/c1-3-25-18-13(8-6-10-19-18)16(23)20-21-17(24)14-11-22(2)15-9-5-4-7-12(14)15/h4-11H,3H2,1-2H3,(H,20,23)(H,21,24). The summed E-state index contributed by atoms with van der Waals surface area (Å²) in [6.45, 7) is 2.19. The third-order valence-corrected chi connectivity index (χ3v) is 3.73. The Morgan fingerprint density at radius 1 is 1.08 bits per heavy atom. The van der Waals surface area contributed by atoms with E-state index in [0.717, 1.165) is 10.9 Å². The SMILES string of the molecule is CCOc1ncccc1C(=O)NNC(=O)c1cn(C)c2ccccc12. The van der Waals surface area contributed by atoms with E-state index in [4.69, 9.17) is 4.74 Å². The fourth-order valence-corrected chi connectivity index (χ4v) is 2.59. The minimum Gasteiger partial charge on any atom is -0.477 e. The van der Waals surface area contributed by atoms with Gasteiger partial charge < -0.3 is 9.30 Å². The maximum Gasteiger partial charge on any atom is 0.275 e. The predicted octanol–water partition coefficient (Wildman–Crippen LogP) is 2.05. The number of hydrazine groups is 1. The van der Waals surface area contributed by atoms with Gasteiger partial charge in [0.2, 0.25) is 5.88 Å². The van der Waals surface area contributed by atoms with E-state index in [9.17, 15) is 9.59 Å². The average molecular weight is 338 g/mol. The second-order valence-electron chi connectivity index (χ2n) is 5.37. The number of fused-ring (bicyclic) bond motifs is 1. The van der Waals surface area contributed by atoms with Crippen molar-refractivity contribution in [3.05, 3.63) is 59.9 Å². The molecule has 128 valence electrons. The number of rotatable bonds is 4. The van der Waals surface area contributed by atoms with Crippen molar-refractivity contribution < 1.29 is 14.3 Å². The summed E-state index contributed by atoms with van der Waals surface area (Å²) in [5.41, 5.74) is 6.51. The van der Waals surface area contributed by atoms with Gasteiger partial charge in [0.1, 0.15) is 5.56 Å². The number of aryl methyl sites for hydroxylation is 1. The van der Waals surface area contributed by atoms with Crippen LogP contribution in [0, 0.1) is 0 Å². The average Bonchev–Trinajstić information content (AvgIpc) is 2.97. The summed E-state index contributed by atoms with van der Waals surface area (Å²) in [5.74, 6) is -0.668. The first-order chi connectivity index (χ1) is 12.1. The van der Waals surface area contributed by atoms with Crippen LogP contribution in [0.25, 0.3) is 10.9 Å². The lowest BCUT2D eigenvalue weighted by molar-refractivity contribution is 0.0844. The smallest absolute Gasteiger partial charge is 0.275 e. The lowest BCUT2D eigenvalue weighted by atomic mass is 10.2. The van der Waals surface area contributed by atoms with Crippen LogP contribution in [0.2, 0.25) is 0 Å². The first kappa shape index (κ1) is 16.5. The maximum atomic E-state index is 12.4. The zero-order chi connectivity index (χ0) is 17.8. The van der Waals surface area contributed by atoms with Gasteiger partial charge >= 0.3 is 0 Å². The highest BCUT2D eigenvalue weighted by molar-refractivity contribution is 6.08. The van der Waals surface area contributed by atoms with Crippen LogP contribution >= 0.6 is 0 Å². The molecule has 2 amide bonds. The van der Waals surface area contributed by atoms with Gasteiger partial charge in [-0.25, -0.2) is 4.98 Å². The number of nitrogens with one attached hydrogen (secondary N) is 2. The molecule has 3 rings (SSSR count). The second-order valence-corrected chi connectivity index (χ2v) is 5.37. The van der Waals surface area contributed by atoms with Crippen molar-refractivity contribution in [3.8, 4) is 5.88 Å². The fraction of sp³-hybridized carbons (Fsp3) is 0.167. The number of ether oxygens (including phenoxy) is 1. The number of carbonyl (C=O) groups is 2. The topological polar surface area (TPSA) is 85.2 Å². The Balaban J connectivity index is 1.75. The molecule has 0 aliphatic carbocycles. The monoisotopic (exact) mass is 338 g/mol. The molecule has 0 aliphatic heterocycles. The highest BCUT2D eigenvalue weighted by atomic mass is 16.5. The molecule has 3 aromatic rings. The molecule has 2 aromatic heterocycles. The molecule has 0 radical (unpaired) electrons. The van der Waals surface area contributed by atoms with Crippen LogP contribution in [0.4, 0.5) is 0 Å². The van der Waals surface area contributed by atoms with E-state index in [2.05, 4.69) is 15.8 Å². The quantitative estimate of drug-likeness (QED) is 0.713. The van der Waals surface area contributed by atoms with Gasteiger partial charge in [-0.1, -0.05) is 18.2 Å². The van der Waals surface area contributed by atoms with Gasteiger partial charge in [0.15, 0.2) is 0 Å². The van der Waals surface area contributed by atoms with Crippen molar-refractivity contribution in [1.29, 1.82) is 0 Å². The normalized spacial score (nSPS) is 10.5. The molecule has 7 heteroatoms. The molecule has 1 aromatic carbocycles. The van der Waals surface area contributed by atoms with E-state index < -0.39 is 11.8 Å². The Morgan fingerprint density at radius 3 is 2.56 bits per heavy atom. The Hall–Kier alpha value is -3.35. The third kappa shape index (κ3) is 3.30. The molecule has 0 atom stereocenters. The van der Waals surface area contributed by atoms with Gasteiger partial charge in [-0.3, -0.25) is 20.4 Å². The molecule has 0 bridgehead atoms. The van der Waals surface area contributed by atoms with Gasteiger partial charge in [-0.2, -0.15) is 0 Å². The van der Waals surface area contributed by atoms with Gasteiger partial charge in [0, 0.05) is 30.3 Å². The Kier molecular flexibility index (Phi) is 4.65. The Morgan fingerprint density at radius 2 is 1.80 bits per heavy atom. The van der Waals surface area contributed by atoms with E-state index in [1.54, 1.807) is 25.3 Å². The van der Waals surface area contributed by atoms with Crippen LogP contribution in [-0.2, 0) is 7.05 Å². The van der Waals surface area contributed by atoms with Crippen molar-refractivity contribution in [1.82, 2.24) is 20.4 Å². The molecule has 7 nitrogen and oxygen atoms in total. The van der Waals surface area contributed by atoms with E-state index in [1.807, 2.05) is 35.9 Å². The summed E-state index contributed by atoms with van der Waals surface area (Å²) in [7, 11) is 1.86. The van der Waals surface area contributed by atoms with Gasteiger partial charge in [-0.15, -0.1) is 0 Å². The Labute approximate surface area is 144 Å². The van der Waals surface area contributed by atoms with Crippen LogP contribution in [0.3, 0.4) is 0 Å². The maximum absolute atomic E-state index is 12.4. The third-order valence-electron chi connectivity index (χ3n) is 3.73. The molecule has 2 heterocycles. The lowest BCUT2D eigenvalue weighted by Gasteiger charge is -2.10. The van der Waals surface area contributed by atoms with Crippen LogP contribution < -0.4 is 15.6 Å². The number of aromatic nitrogens is 2. The number of benzene rings is 1. The number of nitrogens with zero attached hydrogens (tertiary/aromatic N) is 2. The number of pyridine rings is 1. The molecule has 0 saturated heterocycles. The molecule has 0 fully saturated rings. The highest BCUT2D eigenvalue weighted by Gasteiger charge is 2.17. The van der Waals surface area contributed by atoms with Crippen LogP contribution in [0.5, 0.6) is 5.88 Å². The molecule has 2 N–H and O–H groups in total. The molecule has 0 spiro atoms. The number of para-hydroxylation sites is 1. The van der Waals surface area contributed by atoms with Crippen molar-refractivity contribution in [2.75, 3.05) is 6.61 Å².